The summed E-state index contributed by atoms with van der Waals surface area (Å²) in [4.78, 5) is 12.4. The molecule has 74 valence electrons. The first-order valence-electron chi connectivity index (χ1n) is 4.57. The molecule has 0 radical (unpaired) electrons. The highest BCUT2D eigenvalue weighted by molar-refractivity contribution is 6.33. The third kappa shape index (κ3) is 1.35. The molecule has 0 saturated carbocycles. The van der Waals surface area contributed by atoms with Gasteiger partial charge in [-0.25, -0.2) is 15.0 Å². The number of imidazole rings is 1. The fraction of sp³-hybridized carbons (Fsp3) is 0.444. The molecule has 0 aliphatic rings. The first kappa shape index (κ1) is 9.40. The van der Waals surface area contributed by atoms with Crippen molar-refractivity contribution in [1.29, 1.82) is 0 Å². The van der Waals surface area contributed by atoms with Crippen LogP contribution in [0.3, 0.4) is 0 Å². The van der Waals surface area contributed by atoms with Gasteiger partial charge in [0.1, 0.15) is 17.7 Å². The van der Waals surface area contributed by atoms with Gasteiger partial charge >= 0.3 is 0 Å². The third-order valence-corrected chi connectivity index (χ3v) is 2.40. The molecule has 2 aromatic rings. The van der Waals surface area contributed by atoms with Gasteiger partial charge < -0.3 is 4.57 Å². The van der Waals surface area contributed by atoms with Crippen LogP contribution in [-0.2, 0) is 6.54 Å². The van der Waals surface area contributed by atoms with Gasteiger partial charge in [0, 0.05) is 6.54 Å². The van der Waals surface area contributed by atoms with E-state index in [1.54, 1.807) is 0 Å². The minimum Gasteiger partial charge on any atom is -0.313 e. The number of hydrogen-bond acceptors (Lipinski definition) is 3. The molecule has 5 heteroatoms. The summed E-state index contributed by atoms with van der Waals surface area (Å²) in [7, 11) is 0. The smallest absolute Gasteiger partial charge is 0.164 e. The van der Waals surface area contributed by atoms with E-state index < -0.39 is 0 Å². The lowest BCUT2D eigenvalue weighted by Crippen LogP contribution is -2.00. The number of rotatable bonds is 2. The summed E-state index contributed by atoms with van der Waals surface area (Å²) in [6.45, 7) is 4.98. The largest absolute Gasteiger partial charge is 0.313 e. The van der Waals surface area contributed by atoms with Crippen LogP contribution < -0.4 is 0 Å². The van der Waals surface area contributed by atoms with Crippen molar-refractivity contribution < 1.29 is 0 Å². The van der Waals surface area contributed by atoms with E-state index in [4.69, 9.17) is 11.6 Å². The minimum absolute atomic E-state index is 0.424. The first-order valence-corrected chi connectivity index (χ1v) is 4.95. The zero-order valence-electron chi connectivity index (χ0n) is 8.16. The second-order valence-corrected chi connectivity index (χ2v) is 3.51. The normalized spacial score (nSPS) is 11.1. The van der Waals surface area contributed by atoms with E-state index in [-0.39, 0.29) is 0 Å². The van der Waals surface area contributed by atoms with Gasteiger partial charge in [-0.2, -0.15) is 0 Å². The number of halogens is 1. The zero-order valence-corrected chi connectivity index (χ0v) is 8.91. The topological polar surface area (TPSA) is 43.6 Å². The summed E-state index contributed by atoms with van der Waals surface area (Å²) in [5.41, 5.74) is 1.52. The summed E-state index contributed by atoms with van der Waals surface area (Å²) < 4.78 is 2.06. The molecular weight excluding hydrogens is 200 g/mol. The highest BCUT2D eigenvalue weighted by Gasteiger charge is 2.10. The predicted molar refractivity (Wildman–Crippen MR) is 55.4 cm³/mol. The number of nitrogens with zero attached hydrogens (tertiary/aromatic N) is 4. The summed E-state index contributed by atoms with van der Waals surface area (Å²) in [5, 5.41) is 0.424. The summed E-state index contributed by atoms with van der Waals surface area (Å²) in [6, 6.07) is 0. The Bertz CT molecular complexity index is 463. The van der Waals surface area contributed by atoms with Gasteiger partial charge in [-0.15, -0.1) is 0 Å². The molecule has 2 rings (SSSR count). The Morgan fingerprint density at radius 1 is 1.43 bits per heavy atom. The summed E-state index contributed by atoms with van der Waals surface area (Å²) in [6.07, 6.45) is 2.52. The molecule has 0 aliphatic carbocycles. The molecule has 4 nitrogen and oxygen atoms in total. The van der Waals surface area contributed by atoms with Crippen LogP contribution in [0.2, 0.25) is 5.15 Å². The predicted octanol–water partition coefficient (Wildman–Crippen LogP) is 2.20. The molecule has 2 aromatic heterocycles. The number of fused-ring (bicyclic) bond motifs is 1. The zero-order chi connectivity index (χ0) is 10.1. The van der Waals surface area contributed by atoms with Crippen LogP contribution in [0.4, 0.5) is 0 Å². The number of aryl methyl sites for hydroxylation is 2. The third-order valence-electron chi connectivity index (χ3n) is 2.13. The highest BCUT2D eigenvalue weighted by Crippen LogP contribution is 2.19. The fourth-order valence-corrected chi connectivity index (χ4v) is 1.68. The molecule has 0 aliphatic heterocycles. The Morgan fingerprint density at radius 2 is 2.21 bits per heavy atom. The highest BCUT2D eigenvalue weighted by atomic mass is 35.5. The molecule has 2 heterocycles. The molecule has 0 bridgehead atoms. The molecule has 0 saturated heterocycles. The van der Waals surface area contributed by atoms with Crippen LogP contribution in [0.5, 0.6) is 0 Å². The number of aromatic nitrogens is 4. The monoisotopic (exact) mass is 210 g/mol. The Hall–Kier alpha value is -1.16. The van der Waals surface area contributed by atoms with Gasteiger partial charge in [-0.05, 0) is 13.3 Å². The lowest BCUT2D eigenvalue weighted by Gasteiger charge is -2.02. The van der Waals surface area contributed by atoms with Gasteiger partial charge in [0.25, 0.3) is 0 Å². The Labute approximate surface area is 87.0 Å². The van der Waals surface area contributed by atoms with Crippen LogP contribution in [0, 0.1) is 6.92 Å². The van der Waals surface area contributed by atoms with Crippen molar-refractivity contribution in [3.05, 3.63) is 17.3 Å². The quantitative estimate of drug-likeness (QED) is 0.714. The SMILES string of the molecule is CCCn1c(C)nc2c(Cl)ncnc21. The van der Waals surface area contributed by atoms with Crippen LogP contribution in [0.15, 0.2) is 6.33 Å². The standard InChI is InChI=1S/C9H11ClN4/c1-3-4-14-6(2)13-7-8(10)11-5-12-9(7)14/h5H,3-4H2,1-2H3. The maximum atomic E-state index is 5.92. The molecule has 0 N–H and O–H groups in total. The van der Waals surface area contributed by atoms with Crippen LogP contribution >= 0.6 is 11.6 Å². The lowest BCUT2D eigenvalue weighted by molar-refractivity contribution is 0.670. The average molecular weight is 211 g/mol. The molecule has 0 fully saturated rings. The molecule has 0 spiro atoms. The maximum absolute atomic E-state index is 5.92. The molecule has 14 heavy (non-hydrogen) atoms. The molecule has 0 amide bonds. The Kier molecular flexibility index (Phi) is 2.37. The van der Waals surface area contributed by atoms with Crippen molar-refractivity contribution in [2.24, 2.45) is 0 Å². The van der Waals surface area contributed by atoms with Gasteiger partial charge in [0.2, 0.25) is 0 Å². The van der Waals surface area contributed by atoms with E-state index in [0.29, 0.717) is 10.7 Å². The van der Waals surface area contributed by atoms with Gasteiger partial charge in [-0.1, -0.05) is 18.5 Å². The van der Waals surface area contributed by atoms with Crippen molar-refractivity contribution in [3.63, 3.8) is 0 Å². The fourth-order valence-electron chi connectivity index (χ4n) is 1.51. The summed E-state index contributed by atoms with van der Waals surface area (Å²) in [5.74, 6) is 0.934. The van der Waals surface area contributed by atoms with E-state index in [1.807, 2.05) is 6.92 Å². The number of hydrogen-bond donors (Lipinski definition) is 0. The first-order chi connectivity index (χ1) is 6.74. The van der Waals surface area contributed by atoms with E-state index >= 15 is 0 Å². The van der Waals surface area contributed by atoms with Crippen LogP contribution in [-0.4, -0.2) is 19.5 Å². The Morgan fingerprint density at radius 3 is 2.93 bits per heavy atom. The van der Waals surface area contributed by atoms with Crippen molar-refractivity contribution in [2.75, 3.05) is 0 Å². The summed E-state index contributed by atoms with van der Waals surface area (Å²) >= 11 is 5.92. The average Bonchev–Trinajstić information content (AvgIpc) is 2.47. The second kappa shape index (κ2) is 3.53. The van der Waals surface area contributed by atoms with Crippen molar-refractivity contribution in [1.82, 2.24) is 19.5 Å². The van der Waals surface area contributed by atoms with Crippen LogP contribution in [0.25, 0.3) is 11.2 Å². The van der Waals surface area contributed by atoms with Crippen molar-refractivity contribution in [2.45, 2.75) is 26.8 Å². The van der Waals surface area contributed by atoms with Gasteiger partial charge in [-0.3, -0.25) is 0 Å². The van der Waals surface area contributed by atoms with Gasteiger partial charge in [0.15, 0.2) is 10.8 Å². The van der Waals surface area contributed by atoms with Crippen molar-refractivity contribution >= 4 is 22.8 Å². The van der Waals surface area contributed by atoms with Crippen molar-refractivity contribution in [3.8, 4) is 0 Å². The van der Waals surface area contributed by atoms with E-state index in [1.165, 1.54) is 6.33 Å². The molecule has 0 aromatic carbocycles. The molecule has 0 atom stereocenters. The minimum atomic E-state index is 0.424. The van der Waals surface area contributed by atoms with Gasteiger partial charge in [0.05, 0.1) is 0 Å². The Balaban J connectivity index is 2.70. The molecular formula is C9H11ClN4. The van der Waals surface area contributed by atoms with E-state index in [2.05, 4.69) is 26.4 Å². The lowest BCUT2D eigenvalue weighted by atomic mass is 10.4. The van der Waals surface area contributed by atoms with E-state index in [0.717, 1.165) is 24.4 Å². The maximum Gasteiger partial charge on any atom is 0.164 e. The second-order valence-electron chi connectivity index (χ2n) is 3.15. The molecule has 0 unspecified atom stereocenters. The van der Waals surface area contributed by atoms with E-state index in [9.17, 15) is 0 Å². The van der Waals surface area contributed by atoms with Crippen LogP contribution in [0.1, 0.15) is 19.2 Å².